The highest BCUT2D eigenvalue weighted by Crippen LogP contribution is 2.17. The molecule has 0 heterocycles. The molecule has 0 saturated carbocycles. The fourth-order valence-corrected chi connectivity index (χ4v) is 1.56. The van der Waals surface area contributed by atoms with Gasteiger partial charge in [0.25, 0.3) is 0 Å². The first kappa shape index (κ1) is 13.3. The Morgan fingerprint density at radius 3 is 1.42 bits per heavy atom. The van der Waals surface area contributed by atoms with Crippen molar-refractivity contribution in [3.63, 3.8) is 0 Å². The lowest BCUT2D eigenvalue weighted by atomic mass is 10.6. The van der Waals surface area contributed by atoms with Gasteiger partial charge >= 0.3 is 5.97 Å². The van der Waals surface area contributed by atoms with E-state index in [4.69, 9.17) is 19.3 Å². The van der Waals surface area contributed by atoms with E-state index in [9.17, 15) is 0 Å². The first-order valence-corrected chi connectivity index (χ1v) is 6.31. The van der Waals surface area contributed by atoms with Gasteiger partial charge in [0.1, 0.15) is 23.2 Å². The Kier molecular flexibility index (Phi) is 8.48. The molecule has 0 aliphatic carbocycles. The van der Waals surface area contributed by atoms with E-state index in [2.05, 4.69) is 47.8 Å². The SMILES string of the molecule is OCC(OCBr)(OCBr)OCBr. The molecule has 0 atom stereocenters. The number of aliphatic hydroxyl groups excluding tert-OH is 1. The molecule has 0 saturated heterocycles. The van der Waals surface area contributed by atoms with Crippen molar-refractivity contribution >= 4 is 47.8 Å². The summed E-state index contributed by atoms with van der Waals surface area (Å²) in [6.45, 7) is -0.379. The molecule has 0 amide bonds. The number of alkyl halides is 3. The average molecular weight is 373 g/mol. The van der Waals surface area contributed by atoms with Gasteiger partial charge in [-0.3, -0.25) is 0 Å². The lowest BCUT2D eigenvalue weighted by Crippen LogP contribution is -2.42. The third-order valence-corrected chi connectivity index (χ3v) is 1.70. The van der Waals surface area contributed by atoms with Crippen molar-refractivity contribution in [2.45, 2.75) is 5.97 Å². The maximum Gasteiger partial charge on any atom is 0.309 e. The summed E-state index contributed by atoms with van der Waals surface area (Å²) in [5, 5.41) is 8.93. The fourth-order valence-electron chi connectivity index (χ4n) is 0.511. The molecule has 0 spiro atoms. The summed E-state index contributed by atoms with van der Waals surface area (Å²) in [6.07, 6.45) is 0. The van der Waals surface area contributed by atoms with Crippen LogP contribution in [0, 0.1) is 0 Å². The lowest BCUT2D eigenvalue weighted by molar-refractivity contribution is -0.371. The predicted molar refractivity (Wildman–Crippen MR) is 54.5 cm³/mol. The number of hydrogen-bond donors (Lipinski definition) is 1. The second-order valence-corrected chi connectivity index (χ2v) is 2.97. The van der Waals surface area contributed by atoms with Gasteiger partial charge < -0.3 is 19.3 Å². The number of aliphatic hydroxyl groups is 1. The van der Waals surface area contributed by atoms with Crippen LogP contribution in [0.4, 0.5) is 0 Å². The van der Waals surface area contributed by atoms with Crippen LogP contribution in [0.3, 0.4) is 0 Å². The highest BCUT2D eigenvalue weighted by Gasteiger charge is 2.32. The summed E-state index contributed by atoms with van der Waals surface area (Å²) in [4.78, 5) is 0. The zero-order chi connectivity index (χ0) is 9.45. The fraction of sp³-hybridized carbons (Fsp3) is 1.00. The van der Waals surface area contributed by atoms with Crippen molar-refractivity contribution in [2.75, 3.05) is 23.2 Å². The third-order valence-electron chi connectivity index (χ3n) is 1.02. The van der Waals surface area contributed by atoms with E-state index < -0.39 is 5.97 Å². The van der Waals surface area contributed by atoms with Crippen molar-refractivity contribution in [1.82, 2.24) is 0 Å². The Labute approximate surface area is 95.9 Å². The molecule has 0 aromatic heterocycles. The Morgan fingerprint density at radius 2 is 1.25 bits per heavy atom. The standard InChI is InChI=1S/C5H9Br3O4/c6-2-10-5(1-9,11-3-7)12-4-8/h9H,1-4H2. The van der Waals surface area contributed by atoms with Crippen LogP contribution in [0.5, 0.6) is 0 Å². The normalized spacial score (nSPS) is 12.0. The van der Waals surface area contributed by atoms with Gasteiger partial charge in [0.15, 0.2) is 0 Å². The molecular formula is C5H9Br3O4. The first-order valence-electron chi connectivity index (χ1n) is 2.95. The maximum absolute atomic E-state index is 8.93. The van der Waals surface area contributed by atoms with Gasteiger partial charge in [-0.2, -0.15) is 0 Å². The van der Waals surface area contributed by atoms with Crippen LogP contribution < -0.4 is 0 Å². The summed E-state index contributed by atoms with van der Waals surface area (Å²) >= 11 is 9.13. The quantitative estimate of drug-likeness (QED) is 0.546. The molecule has 0 rings (SSSR count). The van der Waals surface area contributed by atoms with Crippen molar-refractivity contribution < 1.29 is 19.3 Å². The van der Waals surface area contributed by atoms with Crippen LogP contribution >= 0.6 is 47.8 Å². The lowest BCUT2D eigenvalue weighted by Gasteiger charge is -2.28. The van der Waals surface area contributed by atoms with E-state index in [1.807, 2.05) is 0 Å². The van der Waals surface area contributed by atoms with Crippen molar-refractivity contribution in [2.24, 2.45) is 0 Å². The largest absolute Gasteiger partial charge is 0.388 e. The molecule has 0 radical (unpaired) electrons. The second kappa shape index (κ2) is 7.66. The summed E-state index contributed by atoms with van der Waals surface area (Å²) in [6, 6.07) is 0. The van der Waals surface area contributed by atoms with Crippen molar-refractivity contribution in [1.29, 1.82) is 0 Å². The molecule has 0 aliphatic rings. The van der Waals surface area contributed by atoms with Crippen LogP contribution in [0.25, 0.3) is 0 Å². The molecule has 0 aliphatic heterocycles. The molecule has 0 unspecified atom stereocenters. The number of halogens is 3. The number of ether oxygens (including phenoxy) is 3. The molecule has 1 N–H and O–H groups in total. The minimum Gasteiger partial charge on any atom is -0.388 e. The average Bonchev–Trinajstić information content (AvgIpc) is 2.06. The predicted octanol–water partition coefficient (Wildman–Crippen LogP) is 1.74. The topological polar surface area (TPSA) is 47.9 Å². The molecule has 7 heteroatoms. The molecule has 0 aromatic rings. The van der Waals surface area contributed by atoms with Gasteiger partial charge in [-0.25, -0.2) is 0 Å². The van der Waals surface area contributed by atoms with Crippen molar-refractivity contribution in [3.05, 3.63) is 0 Å². The summed E-state index contributed by atoms with van der Waals surface area (Å²) in [7, 11) is 0. The smallest absolute Gasteiger partial charge is 0.309 e. The zero-order valence-electron chi connectivity index (χ0n) is 6.13. The van der Waals surface area contributed by atoms with Gasteiger partial charge in [-0.05, 0) is 0 Å². The van der Waals surface area contributed by atoms with Crippen LogP contribution in [0.15, 0.2) is 0 Å². The summed E-state index contributed by atoms with van der Waals surface area (Å²) in [5.41, 5.74) is 0.647. The second-order valence-electron chi connectivity index (χ2n) is 1.60. The van der Waals surface area contributed by atoms with E-state index >= 15 is 0 Å². The van der Waals surface area contributed by atoms with Gasteiger partial charge in [0, 0.05) is 0 Å². The van der Waals surface area contributed by atoms with Crippen LogP contribution in [-0.4, -0.2) is 34.2 Å². The van der Waals surface area contributed by atoms with Gasteiger partial charge in [-0.1, -0.05) is 47.8 Å². The van der Waals surface area contributed by atoms with E-state index in [-0.39, 0.29) is 23.2 Å². The number of hydrogen-bond acceptors (Lipinski definition) is 4. The van der Waals surface area contributed by atoms with E-state index in [0.717, 1.165) is 0 Å². The van der Waals surface area contributed by atoms with Crippen LogP contribution in [-0.2, 0) is 14.2 Å². The Morgan fingerprint density at radius 1 is 0.917 bits per heavy atom. The molecular weight excluding hydrogens is 364 g/mol. The molecule has 0 bridgehead atoms. The van der Waals surface area contributed by atoms with Gasteiger partial charge in [-0.15, -0.1) is 0 Å². The van der Waals surface area contributed by atoms with Crippen LogP contribution in [0.2, 0.25) is 0 Å². The van der Waals surface area contributed by atoms with Gasteiger partial charge in [0.05, 0.1) is 0 Å². The van der Waals surface area contributed by atoms with Crippen molar-refractivity contribution in [3.8, 4) is 0 Å². The molecule has 12 heavy (non-hydrogen) atoms. The Bertz CT molecular complexity index is 95.8. The highest BCUT2D eigenvalue weighted by molar-refractivity contribution is 9.09. The maximum atomic E-state index is 8.93. The molecule has 0 fully saturated rings. The van der Waals surface area contributed by atoms with E-state index in [1.165, 1.54) is 0 Å². The number of rotatable bonds is 7. The summed E-state index contributed by atoms with van der Waals surface area (Å²) < 4.78 is 15.1. The molecule has 0 aromatic carbocycles. The highest BCUT2D eigenvalue weighted by atomic mass is 79.9. The monoisotopic (exact) mass is 370 g/mol. The zero-order valence-corrected chi connectivity index (χ0v) is 10.9. The van der Waals surface area contributed by atoms with Gasteiger partial charge in [0.2, 0.25) is 0 Å². The molecule has 74 valence electrons. The Hall–Kier alpha value is 1.28. The molecule has 4 nitrogen and oxygen atoms in total. The minimum atomic E-state index is -1.39. The van der Waals surface area contributed by atoms with E-state index in [1.54, 1.807) is 0 Å². The van der Waals surface area contributed by atoms with Crippen LogP contribution in [0.1, 0.15) is 0 Å². The first-order chi connectivity index (χ1) is 5.74. The summed E-state index contributed by atoms with van der Waals surface area (Å²) in [5.74, 6) is -1.39. The third kappa shape index (κ3) is 4.50. The minimum absolute atomic E-state index is 0.216. The Balaban J connectivity index is 4.06. The van der Waals surface area contributed by atoms with E-state index in [0.29, 0.717) is 0 Å².